The zero-order chi connectivity index (χ0) is 15.5. The van der Waals surface area contributed by atoms with Crippen LogP contribution in [-0.4, -0.2) is 10.1 Å². The van der Waals surface area contributed by atoms with Gasteiger partial charge < -0.3 is 9.84 Å². The van der Waals surface area contributed by atoms with Crippen molar-refractivity contribution in [3.63, 3.8) is 0 Å². The van der Waals surface area contributed by atoms with Crippen molar-refractivity contribution in [3.8, 4) is 11.4 Å². The maximum absolute atomic E-state index is 5.33. The first-order valence-electron chi connectivity index (χ1n) is 7.33. The molecule has 0 aliphatic rings. The predicted octanol–water partition coefficient (Wildman–Crippen LogP) is 4.27. The van der Waals surface area contributed by atoms with Crippen LogP contribution in [0.25, 0.3) is 11.4 Å². The van der Waals surface area contributed by atoms with E-state index in [1.54, 1.807) is 0 Å². The molecular weight excluding hydrogens is 274 g/mol. The quantitative estimate of drug-likeness (QED) is 0.780. The standard InChI is InChI=1S/C18H19N3O/c1-12-7-9-15(10-8-12)18-20-16(22-21-18)11-19-17-13(2)5-4-6-14(17)3/h4-10,19H,11H2,1-3H3. The Morgan fingerprint density at radius 2 is 1.64 bits per heavy atom. The van der Waals surface area contributed by atoms with Gasteiger partial charge in [0.15, 0.2) is 0 Å². The van der Waals surface area contributed by atoms with Crippen LogP contribution in [-0.2, 0) is 6.54 Å². The normalized spacial score (nSPS) is 10.7. The smallest absolute Gasteiger partial charge is 0.246 e. The summed E-state index contributed by atoms with van der Waals surface area (Å²) >= 11 is 0. The lowest BCUT2D eigenvalue weighted by atomic mass is 10.1. The maximum atomic E-state index is 5.33. The van der Waals surface area contributed by atoms with Gasteiger partial charge in [-0.25, -0.2) is 0 Å². The topological polar surface area (TPSA) is 51.0 Å². The van der Waals surface area contributed by atoms with Gasteiger partial charge in [0.1, 0.15) is 0 Å². The van der Waals surface area contributed by atoms with Crippen LogP contribution >= 0.6 is 0 Å². The molecule has 1 N–H and O–H groups in total. The maximum Gasteiger partial charge on any atom is 0.246 e. The van der Waals surface area contributed by atoms with Crippen LogP contribution in [0.4, 0.5) is 5.69 Å². The first kappa shape index (κ1) is 14.3. The van der Waals surface area contributed by atoms with Crippen LogP contribution in [0.3, 0.4) is 0 Å². The van der Waals surface area contributed by atoms with Gasteiger partial charge in [-0.1, -0.05) is 53.2 Å². The molecule has 0 unspecified atom stereocenters. The average Bonchev–Trinajstić information content (AvgIpc) is 2.96. The molecule has 0 aliphatic carbocycles. The molecule has 0 spiro atoms. The van der Waals surface area contributed by atoms with Crippen molar-refractivity contribution in [2.24, 2.45) is 0 Å². The van der Waals surface area contributed by atoms with E-state index in [9.17, 15) is 0 Å². The molecule has 0 amide bonds. The zero-order valence-electron chi connectivity index (χ0n) is 13.1. The van der Waals surface area contributed by atoms with Crippen LogP contribution < -0.4 is 5.32 Å². The number of hydrogen-bond acceptors (Lipinski definition) is 4. The summed E-state index contributed by atoms with van der Waals surface area (Å²) in [5.74, 6) is 1.21. The van der Waals surface area contributed by atoms with Gasteiger partial charge in [-0.2, -0.15) is 4.98 Å². The molecular formula is C18H19N3O. The average molecular weight is 293 g/mol. The third-order valence-electron chi connectivity index (χ3n) is 3.68. The summed E-state index contributed by atoms with van der Waals surface area (Å²) < 4.78 is 5.33. The van der Waals surface area contributed by atoms with Crippen molar-refractivity contribution >= 4 is 5.69 Å². The van der Waals surface area contributed by atoms with E-state index in [-0.39, 0.29) is 0 Å². The first-order valence-corrected chi connectivity index (χ1v) is 7.33. The molecule has 0 saturated carbocycles. The van der Waals surface area contributed by atoms with Crippen LogP contribution in [0.2, 0.25) is 0 Å². The Bertz CT molecular complexity index is 755. The Kier molecular flexibility index (Phi) is 3.92. The molecule has 0 fully saturated rings. The van der Waals surface area contributed by atoms with E-state index in [4.69, 9.17) is 4.52 Å². The number of para-hydroxylation sites is 1. The number of aryl methyl sites for hydroxylation is 3. The largest absolute Gasteiger partial charge is 0.376 e. The Labute approximate surface area is 130 Å². The summed E-state index contributed by atoms with van der Waals surface area (Å²) in [6.45, 7) is 6.74. The van der Waals surface area contributed by atoms with Crippen molar-refractivity contribution in [3.05, 3.63) is 65.0 Å². The molecule has 1 aromatic heterocycles. The number of benzene rings is 2. The van der Waals surface area contributed by atoms with Crippen LogP contribution in [0.5, 0.6) is 0 Å². The molecule has 4 nitrogen and oxygen atoms in total. The van der Waals surface area contributed by atoms with Crippen molar-refractivity contribution in [2.75, 3.05) is 5.32 Å². The summed E-state index contributed by atoms with van der Waals surface area (Å²) in [5.41, 5.74) is 5.71. The molecule has 0 aliphatic heterocycles. The number of hydrogen-bond donors (Lipinski definition) is 1. The molecule has 0 atom stereocenters. The van der Waals surface area contributed by atoms with Gasteiger partial charge >= 0.3 is 0 Å². The Hall–Kier alpha value is -2.62. The molecule has 0 bridgehead atoms. The highest BCUT2D eigenvalue weighted by Gasteiger charge is 2.09. The van der Waals surface area contributed by atoms with Crippen molar-refractivity contribution in [2.45, 2.75) is 27.3 Å². The second kappa shape index (κ2) is 6.02. The SMILES string of the molecule is Cc1ccc(-c2noc(CNc3c(C)cccc3C)n2)cc1. The summed E-state index contributed by atoms with van der Waals surface area (Å²) in [4.78, 5) is 4.44. The van der Waals surface area contributed by atoms with Crippen molar-refractivity contribution < 1.29 is 4.52 Å². The fourth-order valence-electron chi connectivity index (χ4n) is 2.40. The lowest BCUT2D eigenvalue weighted by molar-refractivity contribution is 0.384. The fourth-order valence-corrected chi connectivity index (χ4v) is 2.40. The highest BCUT2D eigenvalue weighted by molar-refractivity contribution is 5.57. The van der Waals surface area contributed by atoms with E-state index in [1.165, 1.54) is 16.7 Å². The van der Waals surface area contributed by atoms with Gasteiger partial charge in [0.2, 0.25) is 11.7 Å². The van der Waals surface area contributed by atoms with E-state index in [1.807, 2.05) is 24.3 Å². The van der Waals surface area contributed by atoms with Gasteiger partial charge in [-0.15, -0.1) is 0 Å². The van der Waals surface area contributed by atoms with Crippen LogP contribution in [0, 0.1) is 20.8 Å². The number of rotatable bonds is 4. The second-order valence-electron chi connectivity index (χ2n) is 5.50. The lowest BCUT2D eigenvalue weighted by Crippen LogP contribution is -2.03. The number of aromatic nitrogens is 2. The Morgan fingerprint density at radius 3 is 2.32 bits per heavy atom. The van der Waals surface area contributed by atoms with E-state index in [0.29, 0.717) is 18.3 Å². The molecule has 1 heterocycles. The molecule has 4 heteroatoms. The minimum atomic E-state index is 0.518. The zero-order valence-corrected chi connectivity index (χ0v) is 13.1. The molecule has 2 aromatic carbocycles. The Morgan fingerprint density at radius 1 is 0.955 bits per heavy atom. The second-order valence-corrected chi connectivity index (χ2v) is 5.50. The predicted molar refractivity (Wildman–Crippen MR) is 87.7 cm³/mol. The molecule has 3 rings (SSSR count). The highest BCUT2D eigenvalue weighted by Crippen LogP contribution is 2.21. The fraction of sp³-hybridized carbons (Fsp3) is 0.222. The number of anilines is 1. The molecule has 3 aromatic rings. The van der Waals surface area contributed by atoms with E-state index < -0.39 is 0 Å². The van der Waals surface area contributed by atoms with Gasteiger partial charge in [0, 0.05) is 11.3 Å². The van der Waals surface area contributed by atoms with E-state index in [0.717, 1.165) is 11.3 Å². The molecule has 22 heavy (non-hydrogen) atoms. The minimum absolute atomic E-state index is 0.518. The molecule has 112 valence electrons. The minimum Gasteiger partial charge on any atom is -0.376 e. The number of nitrogens with zero attached hydrogens (tertiary/aromatic N) is 2. The van der Waals surface area contributed by atoms with Gasteiger partial charge in [0.25, 0.3) is 0 Å². The molecule has 0 saturated heterocycles. The summed E-state index contributed by atoms with van der Waals surface area (Å²) in [6, 6.07) is 14.3. The van der Waals surface area contributed by atoms with Crippen molar-refractivity contribution in [1.82, 2.24) is 10.1 Å². The summed E-state index contributed by atoms with van der Waals surface area (Å²) in [5, 5.41) is 7.42. The third-order valence-corrected chi connectivity index (χ3v) is 3.68. The molecule has 0 radical (unpaired) electrons. The van der Waals surface area contributed by atoms with Crippen molar-refractivity contribution in [1.29, 1.82) is 0 Å². The van der Waals surface area contributed by atoms with E-state index >= 15 is 0 Å². The van der Waals surface area contributed by atoms with Gasteiger partial charge in [-0.05, 0) is 31.9 Å². The summed E-state index contributed by atoms with van der Waals surface area (Å²) in [6.07, 6.45) is 0. The number of nitrogens with one attached hydrogen (secondary N) is 1. The summed E-state index contributed by atoms with van der Waals surface area (Å²) in [7, 11) is 0. The monoisotopic (exact) mass is 293 g/mol. The van der Waals surface area contributed by atoms with Gasteiger partial charge in [-0.3, -0.25) is 0 Å². The third kappa shape index (κ3) is 3.01. The van der Waals surface area contributed by atoms with E-state index in [2.05, 4.69) is 54.4 Å². The lowest BCUT2D eigenvalue weighted by Gasteiger charge is -2.10. The Balaban J connectivity index is 1.73. The van der Waals surface area contributed by atoms with Gasteiger partial charge in [0.05, 0.1) is 6.54 Å². The van der Waals surface area contributed by atoms with Crippen LogP contribution in [0.15, 0.2) is 47.0 Å². The van der Waals surface area contributed by atoms with Crippen LogP contribution in [0.1, 0.15) is 22.6 Å². The first-order chi connectivity index (χ1) is 10.6. The highest BCUT2D eigenvalue weighted by atomic mass is 16.5.